The van der Waals surface area contributed by atoms with E-state index in [-0.39, 0.29) is 12.8 Å². The molecule has 7 heavy (non-hydrogen) atoms. The number of allylic oxidation sites excluding steroid dienone is 2. The molecule has 42 valence electrons. The van der Waals surface area contributed by atoms with Crippen LogP contribution < -0.4 is 0 Å². The molecule has 0 amide bonds. The highest BCUT2D eigenvalue weighted by molar-refractivity contribution is 4.75. The van der Waals surface area contributed by atoms with E-state index >= 15 is 0 Å². The molecule has 0 saturated carbocycles. The molecule has 0 aliphatic heterocycles. The van der Waals surface area contributed by atoms with Crippen LogP contribution in [0.15, 0.2) is 12.2 Å². The SMILES string of the molecule is [2H]C(C)CC([2H])C=CC. The first kappa shape index (κ1) is 3.71. The van der Waals surface area contributed by atoms with Crippen LogP contribution in [0.4, 0.5) is 0 Å². The first-order chi connectivity index (χ1) is 4.16. The fourth-order valence-corrected chi connectivity index (χ4v) is 0.351. The molecule has 0 radical (unpaired) electrons. The third-order valence-electron chi connectivity index (χ3n) is 0.700. The van der Waals surface area contributed by atoms with Gasteiger partial charge in [0, 0.05) is 2.74 Å². The second-order valence-electron chi connectivity index (χ2n) is 1.41. The first-order valence-corrected chi connectivity index (χ1v) is 2.64. The largest absolute Gasteiger partial charge is 0.0917 e. The Morgan fingerprint density at radius 2 is 2.43 bits per heavy atom. The Morgan fingerprint density at radius 3 is 2.86 bits per heavy atom. The third kappa shape index (κ3) is 5.74. The van der Waals surface area contributed by atoms with Crippen LogP contribution in [0.3, 0.4) is 0 Å². The molecule has 0 aromatic heterocycles. The molecule has 0 aliphatic rings. The van der Waals surface area contributed by atoms with Crippen LogP contribution in [-0.2, 0) is 0 Å². The molecule has 0 aromatic rings. The topological polar surface area (TPSA) is 0 Å². The highest BCUT2D eigenvalue weighted by Crippen LogP contribution is 1.93. The lowest BCUT2D eigenvalue weighted by atomic mass is 10.2. The molecule has 0 rings (SSSR count). The highest BCUT2D eigenvalue weighted by Gasteiger charge is 1.73. The van der Waals surface area contributed by atoms with E-state index in [1.165, 1.54) is 0 Å². The Morgan fingerprint density at radius 1 is 1.71 bits per heavy atom. The van der Waals surface area contributed by atoms with Crippen LogP contribution in [0.2, 0.25) is 0 Å². The molecule has 2 atom stereocenters. The van der Waals surface area contributed by atoms with Gasteiger partial charge in [-0.15, -0.1) is 0 Å². The maximum Gasteiger partial charge on any atom is 0.0310 e. The number of rotatable bonds is 3. The summed E-state index contributed by atoms with van der Waals surface area (Å²) in [7, 11) is 0. The zero-order chi connectivity index (χ0) is 7.28. The van der Waals surface area contributed by atoms with E-state index in [1.54, 1.807) is 0 Å². The van der Waals surface area contributed by atoms with Crippen molar-refractivity contribution in [3.05, 3.63) is 12.2 Å². The summed E-state index contributed by atoms with van der Waals surface area (Å²) in [6, 6.07) is 0. The molecular weight excluding hydrogens is 84.1 g/mol. The summed E-state index contributed by atoms with van der Waals surface area (Å²) in [6.07, 6.45) is 4.03. The van der Waals surface area contributed by atoms with Crippen LogP contribution in [-0.4, -0.2) is 0 Å². The van der Waals surface area contributed by atoms with Gasteiger partial charge in [0.05, 0.1) is 0 Å². The maximum atomic E-state index is 7.30. The second kappa shape index (κ2) is 5.74. The van der Waals surface area contributed by atoms with Gasteiger partial charge in [-0.05, 0) is 13.3 Å². The Labute approximate surface area is 49.0 Å². The molecule has 0 fully saturated rings. The summed E-state index contributed by atoms with van der Waals surface area (Å²) in [4.78, 5) is 0. The molecule has 0 N–H and O–H groups in total. The van der Waals surface area contributed by atoms with Crippen molar-refractivity contribution in [1.29, 1.82) is 0 Å². The summed E-state index contributed by atoms with van der Waals surface area (Å²) in [5.74, 6) is 0. The van der Waals surface area contributed by atoms with Crippen molar-refractivity contribution < 1.29 is 2.74 Å². The summed E-state index contributed by atoms with van der Waals surface area (Å²) in [5.41, 5.74) is 0. The van der Waals surface area contributed by atoms with Crippen molar-refractivity contribution in [2.24, 2.45) is 0 Å². The van der Waals surface area contributed by atoms with Crippen molar-refractivity contribution in [3.8, 4) is 0 Å². The lowest BCUT2D eigenvalue weighted by Crippen LogP contribution is -1.63. The van der Waals surface area contributed by atoms with Gasteiger partial charge in [0.1, 0.15) is 0 Å². The van der Waals surface area contributed by atoms with Crippen LogP contribution >= 0.6 is 0 Å². The summed E-state index contributed by atoms with van der Waals surface area (Å²) >= 11 is 0. The van der Waals surface area contributed by atoms with Crippen LogP contribution in [0.1, 0.15) is 35.8 Å². The van der Waals surface area contributed by atoms with Gasteiger partial charge in [0.15, 0.2) is 0 Å². The van der Waals surface area contributed by atoms with E-state index in [9.17, 15) is 0 Å². The van der Waals surface area contributed by atoms with Crippen molar-refractivity contribution in [1.82, 2.24) is 0 Å². The van der Waals surface area contributed by atoms with Gasteiger partial charge in [-0.3, -0.25) is 0 Å². The predicted molar refractivity (Wildman–Crippen MR) is 34.3 cm³/mol. The summed E-state index contributed by atoms with van der Waals surface area (Å²) in [5, 5.41) is 0. The predicted octanol–water partition coefficient (Wildman–Crippen LogP) is 2.75. The molecule has 0 nitrogen and oxygen atoms in total. The second-order valence-corrected chi connectivity index (χ2v) is 1.41. The Hall–Kier alpha value is -0.260. The monoisotopic (exact) mass is 100 g/mol. The zero-order valence-corrected chi connectivity index (χ0v) is 5.02. The van der Waals surface area contributed by atoms with Crippen LogP contribution in [0.25, 0.3) is 0 Å². The zero-order valence-electron chi connectivity index (χ0n) is 7.02. The van der Waals surface area contributed by atoms with Gasteiger partial charge < -0.3 is 0 Å². The van der Waals surface area contributed by atoms with Gasteiger partial charge in [-0.2, -0.15) is 0 Å². The van der Waals surface area contributed by atoms with Gasteiger partial charge in [0.25, 0.3) is 0 Å². The Bertz CT molecular complexity index is 86.9. The molecular formula is C7H14. The quantitative estimate of drug-likeness (QED) is 0.478. The smallest absolute Gasteiger partial charge is 0.0310 e. The van der Waals surface area contributed by atoms with E-state index in [2.05, 4.69) is 0 Å². The molecule has 0 bridgehead atoms. The van der Waals surface area contributed by atoms with Gasteiger partial charge in [-0.25, -0.2) is 0 Å². The van der Waals surface area contributed by atoms with Crippen LogP contribution in [0.5, 0.6) is 0 Å². The lowest BCUT2D eigenvalue weighted by molar-refractivity contribution is 0.814. The Balaban J connectivity index is 3.38. The molecule has 0 aliphatic carbocycles. The minimum atomic E-state index is -0.178. The fraction of sp³-hybridized carbons (Fsp3) is 0.714. The first-order valence-electron chi connectivity index (χ1n) is 3.79. The van der Waals surface area contributed by atoms with E-state index in [1.807, 2.05) is 26.0 Å². The van der Waals surface area contributed by atoms with Crippen molar-refractivity contribution in [2.75, 3.05) is 0 Å². The average molecular weight is 100 g/mol. The summed E-state index contributed by atoms with van der Waals surface area (Å²) < 4.78 is 14.4. The number of hydrogen-bond donors (Lipinski definition) is 0. The molecule has 0 aromatic carbocycles. The van der Waals surface area contributed by atoms with Gasteiger partial charge in [0.2, 0.25) is 0 Å². The van der Waals surface area contributed by atoms with Gasteiger partial charge >= 0.3 is 0 Å². The highest BCUT2D eigenvalue weighted by atomic mass is 13.8. The minimum Gasteiger partial charge on any atom is -0.0917 e. The van der Waals surface area contributed by atoms with E-state index in [0.717, 1.165) is 0 Å². The average Bonchev–Trinajstić information content (AvgIpc) is 1.63. The maximum absolute atomic E-state index is 7.30. The normalized spacial score (nSPS) is 23.7. The molecule has 0 spiro atoms. The summed E-state index contributed by atoms with van der Waals surface area (Å²) in [6.45, 7) is 3.71. The molecule has 0 saturated heterocycles. The van der Waals surface area contributed by atoms with E-state index in [4.69, 9.17) is 2.74 Å². The Kier molecular flexibility index (Phi) is 3.04. The fourth-order valence-electron chi connectivity index (χ4n) is 0.351. The molecule has 0 heterocycles. The van der Waals surface area contributed by atoms with E-state index < -0.39 is 0 Å². The van der Waals surface area contributed by atoms with Crippen molar-refractivity contribution in [3.63, 3.8) is 0 Å². The molecule has 0 heteroatoms. The lowest BCUT2D eigenvalue weighted by Gasteiger charge is -1.83. The molecule has 2 unspecified atom stereocenters. The van der Waals surface area contributed by atoms with Crippen molar-refractivity contribution in [2.45, 2.75) is 33.1 Å². The third-order valence-corrected chi connectivity index (χ3v) is 0.700. The standard InChI is InChI=1S/C7H14/c1-3-5-7-6-4-2/h3,5H,4,6-7H2,1-2H3/i4D,7D. The van der Waals surface area contributed by atoms with Gasteiger partial charge in [-0.1, -0.05) is 31.9 Å². The number of hydrogen-bond acceptors (Lipinski definition) is 0. The van der Waals surface area contributed by atoms with Crippen molar-refractivity contribution >= 4 is 0 Å². The van der Waals surface area contributed by atoms with E-state index in [0.29, 0.717) is 6.42 Å². The minimum absolute atomic E-state index is 0.108. The van der Waals surface area contributed by atoms with Crippen LogP contribution in [0, 0.1) is 0 Å².